The van der Waals surface area contributed by atoms with Crippen molar-refractivity contribution in [1.29, 1.82) is 0 Å². The summed E-state index contributed by atoms with van der Waals surface area (Å²) in [6.45, 7) is 6.90. The Hall–Kier alpha value is -1.02. The lowest BCUT2D eigenvalue weighted by molar-refractivity contribution is 0.0626. The first-order valence-corrected chi connectivity index (χ1v) is 5.42. The Labute approximate surface area is 90.9 Å². The zero-order valence-electron chi connectivity index (χ0n) is 9.58. The quantitative estimate of drug-likeness (QED) is 0.765. The van der Waals surface area contributed by atoms with Crippen molar-refractivity contribution in [2.75, 3.05) is 6.61 Å². The number of fused-ring (bicyclic) bond motifs is 1. The standard InChI is InChI=1S/C13H18O2/c1-13(2,3)12(14)10-4-5-11-9(8-10)6-7-15-11/h4-5,8,12,14H,6-7H2,1-3H3. The predicted molar refractivity (Wildman–Crippen MR) is 60.1 cm³/mol. The lowest BCUT2D eigenvalue weighted by atomic mass is 9.84. The van der Waals surface area contributed by atoms with Gasteiger partial charge in [-0.1, -0.05) is 26.8 Å². The van der Waals surface area contributed by atoms with Gasteiger partial charge in [-0.2, -0.15) is 0 Å². The Balaban J connectivity index is 2.31. The lowest BCUT2D eigenvalue weighted by Crippen LogP contribution is -2.17. The second-order valence-electron chi connectivity index (χ2n) is 5.23. The second-order valence-corrected chi connectivity index (χ2v) is 5.23. The van der Waals surface area contributed by atoms with Crippen LogP contribution in [0.25, 0.3) is 0 Å². The Morgan fingerprint density at radius 3 is 2.73 bits per heavy atom. The van der Waals surface area contributed by atoms with Gasteiger partial charge in [0, 0.05) is 6.42 Å². The third-order valence-electron chi connectivity index (χ3n) is 2.85. The van der Waals surface area contributed by atoms with E-state index in [9.17, 15) is 5.11 Å². The number of ether oxygens (including phenoxy) is 1. The summed E-state index contributed by atoms with van der Waals surface area (Å²) in [4.78, 5) is 0. The van der Waals surface area contributed by atoms with E-state index in [1.165, 1.54) is 5.56 Å². The van der Waals surface area contributed by atoms with Gasteiger partial charge in [0.2, 0.25) is 0 Å². The number of benzene rings is 1. The fraction of sp³-hybridized carbons (Fsp3) is 0.538. The third-order valence-corrected chi connectivity index (χ3v) is 2.85. The second kappa shape index (κ2) is 3.53. The monoisotopic (exact) mass is 206 g/mol. The summed E-state index contributed by atoms with van der Waals surface area (Å²) in [6, 6.07) is 5.99. The normalized spacial score (nSPS) is 17.1. The van der Waals surface area contributed by atoms with Gasteiger partial charge in [-0.3, -0.25) is 0 Å². The van der Waals surface area contributed by atoms with Gasteiger partial charge in [-0.05, 0) is 28.7 Å². The molecule has 2 nitrogen and oxygen atoms in total. The summed E-state index contributed by atoms with van der Waals surface area (Å²) in [5.41, 5.74) is 2.09. The van der Waals surface area contributed by atoms with E-state index >= 15 is 0 Å². The van der Waals surface area contributed by atoms with Crippen molar-refractivity contribution in [3.8, 4) is 5.75 Å². The van der Waals surface area contributed by atoms with Gasteiger partial charge in [0.25, 0.3) is 0 Å². The van der Waals surface area contributed by atoms with Crippen LogP contribution < -0.4 is 4.74 Å². The first-order valence-electron chi connectivity index (χ1n) is 5.42. The van der Waals surface area contributed by atoms with Gasteiger partial charge < -0.3 is 9.84 Å². The average Bonchev–Trinajstić information content (AvgIpc) is 2.61. The maximum atomic E-state index is 10.1. The van der Waals surface area contributed by atoms with Gasteiger partial charge in [0.15, 0.2) is 0 Å². The molecule has 82 valence electrons. The topological polar surface area (TPSA) is 29.5 Å². The largest absolute Gasteiger partial charge is 0.493 e. The van der Waals surface area contributed by atoms with Crippen LogP contribution in [0.15, 0.2) is 18.2 Å². The molecule has 0 bridgehead atoms. The molecule has 0 radical (unpaired) electrons. The molecule has 2 heteroatoms. The van der Waals surface area contributed by atoms with E-state index in [0.29, 0.717) is 0 Å². The number of aliphatic hydroxyl groups is 1. The first kappa shape index (κ1) is 10.5. The summed E-state index contributed by atoms with van der Waals surface area (Å²) in [6.07, 6.45) is 0.545. The minimum absolute atomic E-state index is 0.117. The highest BCUT2D eigenvalue weighted by Gasteiger charge is 2.25. The Morgan fingerprint density at radius 1 is 1.33 bits per heavy atom. The number of rotatable bonds is 1. The van der Waals surface area contributed by atoms with E-state index in [1.54, 1.807) is 0 Å². The zero-order valence-corrected chi connectivity index (χ0v) is 9.58. The van der Waals surface area contributed by atoms with Crippen LogP contribution in [0.2, 0.25) is 0 Å². The van der Waals surface area contributed by atoms with Crippen molar-refractivity contribution in [1.82, 2.24) is 0 Å². The number of aliphatic hydroxyl groups excluding tert-OH is 1. The molecular formula is C13H18O2. The first-order chi connectivity index (χ1) is 6.98. The van der Waals surface area contributed by atoms with E-state index in [0.717, 1.165) is 24.3 Å². The highest BCUT2D eigenvalue weighted by atomic mass is 16.5. The molecule has 1 aliphatic heterocycles. The fourth-order valence-corrected chi connectivity index (χ4v) is 1.88. The molecule has 1 heterocycles. The molecule has 0 fully saturated rings. The fourth-order valence-electron chi connectivity index (χ4n) is 1.88. The Morgan fingerprint density at radius 2 is 2.07 bits per heavy atom. The van der Waals surface area contributed by atoms with Crippen LogP contribution in [0.4, 0.5) is 0 Å². The minimum atomic E-state index is -0.414. The van der Waals surface area contributed by atoms with Crippen LogP contribution in [-0.4, -0.2) is 11.7 Å². The van der Waals surface area contributed by atoms with Gasteiger partial charge in [0.1, 0.15) is 5.75 Å². The highest BCUT2D eigenvalue weighted by molar-refractivity contribution is 5.40. The van der Waals surface area contributed by atoms with E-state index < -0.39 is 6.10 Å². The molecular weight excluding hydrogens is 188 g/mol. The molecule has 0 amide bonds. The van der Waals surface area contributed by atoms with Crippen LogP contribution in [0, 0.1) is 5.41 Å². The maximum Gasteiger partial charge on any atom is 0.122 e. The summed E-state index contributed by atoms with van der Waals surface area (Å²) >= 11 is 0. The molecule has 0 saturated heterocycles. The molecule has 1 atom stereocenters. The van der Waals surface area contributed by atoms with Crippen LogP contribution in [-0.2, 0) is 6.42 Å². The molecule has 0 spiro atoms. The molecule has 1 aromatic rings. The third kappa shape index (κ3) is 2.00. The molecule has 1 aliphatic rings. The molecule has 0 aromatic heterocycles. The smallest absolute Gasteiger partial charge is 0.122 e. The maximum absolute atomic E-state index is 10.1. The highest BCUT2D eigenvalue weighted by Crippen LogP contribution is 2.35. The van der Waals surface area contributed by atoms with Gasteiger partial charge in [-0.15, -0.1) is 0 Å². The van der Waals surface area contributed by atoms with Gasteiger partial charge in [0.05, 0.1) is 12.7 Å². The molecule has 0 aliphatic carbocycles. The van der Waals surface area contributed by atoms with Crippen molar-refractivity contribution in [3.05, 3.63) is 29.3 Å². The number of hydrogen-bond donors (Lipinski definition) is 1. The van der Waals surface area contributed by atoms with E-state index in [2.05, 4.69) is 6.07 Å². The molecule has 15 heavy (non-hydrogen) atoms. The van der Waals surface area contributed by atoms with E-state index in [1.807, 2.05) is 32.9 Å². The molecule has 0 saturated carbocycles. The van der Waals surface area contributed by atoms with E-state index in [-0.39, 0.29) is 5.41 Å². The summed E-state index contributed by atoms with van der Waals surface area (Å²) in [7, 11) is 0. The van der Waals surface area contributed by atoms with Crippen LogP contribution >= 0.6 is 0 Å². The van der Waals surface area contributed by atoms with Gasteiger partial charge in [-0.25, -0.2) is 0 Å². The SMILES string of the molecule is CC(C)(C)C(O)c1ccc2c(c1)CCO2. The van der Waals surface area contributed by atoms with E-state index in [4.69, 9.17) is 4.74 Å². The molecule has 2 rings (SSSR count). The van der Waals surface area contributed by atoms with Crippen LogP contribution in [0.5, 0.6) is 5.75 Å². The van der Waals surface area contributed by atoms with Crippen molar-refractivity contribution in [2.24, 2.45) is 5.41 Å². The van der Waals surface area contributed by atoms with Crippen molar-refractivity contribution < 1.29 is 9.84 Å². The molecule has 1 unspecified atom stereocenters. The molecule has 1 aromatic carbocycles. The van der Waals surface area contributed by atoms with Crippen molar-refractivity contribution in [2.45, 2.75) is 33.3 Å². The Kier molecular flexibility index (Phi) is 2.47. The lowest BCUT2D eigenvalue weighted by Gasteiger charge is -2.26. The van der Waals surface area contributed by atoms with Crippen molar-refractivity contribution in [3.63, 3.8) is 0 Å². The summed E-state index contributed by atoms with van der Waals surface area (Å²) in [5, 5.41) is 10.1. The average molecular weight is 206 g/mol. The zero-order chi connectivity index (χ0) is 11.1. The predicted octanol–water partition coefficient (Wildman–Crippen LogP) is 2.70. The Bertz CT molecular complexity index is 363. The number of hydrogen-bond acceptors (Lipinski definition) is 2. The summed E-state index contributed by atoms with van der Waals surface area (Å²) in [5.74, 6) is 0.972. The van der Waals surface area contributed by atoms with Crippen LogP contribution in [0.3, 0.4) is 0 Å². The minimum Gasteiger partial charge on any atom is -0.493 e. The van der Waals surface area contributed by atoms with Crippen molar-refractivity contribution >= 4 is 0 Å². The summed E-state index contributed by atoms with van der Waals surface area (Å²) < 4.78 is 5.44. The molecule has 1 N–H and O–H groups in total. The van der Waals surface area contributed by atoms with Gasteiger partial charge >= 0.3 is 0 Å². The van der Waals surface area contributed by atoms with Crippen LogP contribution in [0.1, 0.15) is 38.0 Å².